The maximum atomic E-state index is 13.5. The summed E-state index contributed by atoms with van der Waals surface area (Å²) >= 11 is 0.984. The zero-order chi connectivity index (χ0) is 27.2. The monoisotopic (exact) mass is 533 g/mol. The second-order valence-electron chi connectivity index (χ2n) is 8.23. The topological polar surface area (TPSA) is 141 Å². The lowest BCUT2D eigenvalue weighted by atomic mass is 10.1. The van der Waals surface area contributed by atoms with E-state index in [1.54, 1.807) is 19.1 Å². The summed E-state index contributed by atoms with van der Waals surface area (Å²) in [6.45, 7) is 1.70. The number of nitrogens with two attached hydrogens (primary N) is 2. The molecule has 2 amide bonds. The molecule has 1 heterocycles. The molecule has 1 aromatic heterocycles. The molecule has 9 nitrogen and oxygen atoms in total. The van der Waals surface area contributed by atoms with Gasteiger partial charge >= 0.3 is 6.09 Å². The summed E-state index contributed by atoms with van der Waals surface area (Å²) in [6.07, 6.45) is -0.631. The standard InChI is InChI=1S/C27H24FN5O4S/c1-16(25(30)35)33(21-13-9-19(28)10-14-21)26-32-24(29)23(38-26)22(34)18-7-11-20(12-8-18)31-27(36)37-15-17-5-3-2-4-6-17/h2-14,16H,15,29H2,1H3,(H2,30,35)(H,31,36). The highest BCUT2D eigenvalue weighted by molar-refractivity contribution is 7.18. The van der Waals surface area contributed by atoms with Crippen LogP contribution in [-0.2, 0) is 16.1 Å². The third-order valence-corrected chi connectivity index (χ3v) is 6.63. The molecule has 1 atom stereocenters. The lowest BCUT2D eigenvalue weighted by molar-refractivity contribution is -0.118. The molecular weight excluding hydrogens is 509 g/mol. The summed E-state index contributed by atoms with van der Waals surface area (Å²) in [7, 11) is 0. The highest BCUT2D eigenvalue weighted by Crippen LogP contribution is 2.36. The number of hydrogen-bond donors (Lipinski definition) is 3. The van der Waals surface area contributed by atoms with Crippen molar-refractivity contribution in [2.24, 2.45) is 5.73 Å². The van der Waals surface area contributed by atoms with Crippen molar-refractivity contribution in [3.05, 3.63) is 101 Å². The first-order chi connectivity index (χ1) is 18.2. The number of carbonyl (C=O) groups excluding carboxylic acids is 3. The zero-order valence-electron chi connectivity index (χ0n) is 20.3. The number of primary amides is 1. The minimum Gasteiger partial charge on any atom is -0.444 e. The molecule has 0 aliphatic carbocycles. The Morgan fingerprint density at radius 3 is 2.32 bits per heavy atom. The Bertz CT molecular complexity index is 1440. The molecule has 0 fully saturated rings. The van der Waals surface area contributed by atoms with E-state index in [0.717, 1.165) is 16.9 Å². The third-order valence-electron chi connectivity index (χ3n) is 5.56. The fourth-order valence-electron chi connectivity index (χ4n) is 3.53. The highest BCUT2D eigenvalue weighted by Gasteiger charge is 2.27. The van der Waals surface area contributed by atoms with Crippen LogP contribution >= 0.6 is 11.3 Å². The van der Waals surface area contributed by atoms with Crippen molar-refractivity contribution >= 4 is 51.4 Å². The molecule has 0 aliphatic heterocycles. The number of aromatic nitrogens is 1. The van der Waals surface area contributed by atoms with Crippen molar-refractivity contribution in [1.82, 2.24) is 4.98 Å². The predicted molar refractivity (Wildman–Crippen MR) is 144 cm³/mol. The number of ether oxygens (including phenoxy) is 1. The van der Waals surface area contributed by atoms with Crippen LogP contribution in [0.3, 0.4) is 0 Å². The summed E-state index contributed by atoms with van der Waals surface area (Å²) < 4.78 is 18.7. The zero-order valence-corrected chi connectivity index (χ0v) is 21.1. The fraction of sp³-hybridized carbons (Fsp3) is 0.111. The largest absolute Gasteiger partial charge is 0.444 e. The van der Waals surface area contributed by atoms with E-state index in [4.69, 9.17) is 16.2 Å². The van der Waals surface area contributed by atoms with Gasteiger partial charge in [0.25, 0.3) is 0 Å². The highest BCUT2D eigenvalue weighted by atomic mass is 32.1. The van der Waals surface area contributed by atoms with Gasteiger partial charge in [-0.2, -0.15) is 0 Å². The summed E-state index contributed by atoms with van der Waals surface area (Å²) in [5.74, 6) is -1.50. The van der Waals surface area contributed by atoms with Gasteiger partial charge in [-0.15, -0.1) is 0 Å². The lowest BCUT2D eigenvalue weighted by Gasteiger charge is -2.26. The van der Waals surface area contributed by atoms with Gasteiger partial charge in [-0.25, -0.2) is 14.2 Å². The molecule has 4 rings (SSSR count). The number of benzene rings is 3. The minimum absolute atomic E-state index is 0.0227. The molecule has 11 heteroatoms. The summed E-state index contributed by atoms with van der Waals surface area (Å²) in [6, 6.07) is 20.1. The molecule has 0 radical (unpaired) electrons. The van der Waals surface area contributed by atoms with Crippen LogP contribution < -0.4 is 21.7 Å². The van der Waals surface area contributed by atoms with Gasteiger partial charge in [0.05, 0.1) is 0 Å². The Balaban J connectivity index is 1.49. The Kier molecular flexibility index (Phi) is 7.97. The summed E-state index contributed by atoms with van der Waals surface area (Å²) in [5.41, 5.74) is 13.7. The van der Waals surface area contributed by atoms with Gasteiger partial charge in [-0.3, -0.25) is 14.9 Å². The first-order valence-corrected chi connectivity index (χ1v) is 12.3. The first kappa shape index (κ1) is 26.3. The molecule has 0 aliphatic rings. The Labute approximate surface area is 221 Å². The van der Waals surface area contributed by atoms with Crippen molar-refractivity contribution in [2.45, 2.75) is 19.6 Å². The van der Waals surface area contributed by atoms with Gasteiger partial charge in [0.2, 0.25) is 11.7 Å². The molecule has 0 saturated carbocycles. The van der Waals surface area contributed by atoms with E-state index in [0.29, 0.717) is 16.9 Å². The van der Waals surface area contributed by atoms with Crippen molar-refractivity contribution in [3.63, 3.8) is 0 Å². The molecule has 0 bridgehead atoms. The lowest BCUT2D eigenvalue weighted by Crippen LogP contribution is -2.39. The molecule has 0 spiro atoms. The van der Waals surface area contributed by atoms with Crippen LogP contribution in [0.2, 0.25) is 0 Å². The Morgan fingerprint density at radius 2 is 1.68 bits per heavy atom. The SMILES string of the molecule is CC(C(N)=O)N(c1ccc(F)cc1)c1nc(N)c(C(=O)c2ccc(NC(=O)OCc3ccccc3)cc2)s1. The maximum absolute atomic E-state index is 13.5. The van der Waals surface area contributed by atoms with Crippen molar-refractivity contribution in [3.8, 4) is 0 Å². The van der Waals surface area contributed by atoms with Gasteiger partial charge in [-0.1, -0.05) is 41.7 Å². The number of anilines is 4. The third kappa shape index (κ3) is 6.13. The minimum atomic E-state index is -0.846. The number of nitrogens with one attached hydrogen (secondary N) is 1. The normalized spacial score (nSPS) is 11.4. The maximum Gasteiger partial charge on any atom is 0.411 e. The van der Waals surface area contributed by atoms with Crippen LogP contribution in [0, 0.1) is 5.82 Å². The predicted octanol–water partition coefficient (Wildman–Crippen LogP) is 4.86. The van der Waals surface area contributed by atoms with Gasteiger partial charge in [0.1, 0.15) is 29.2 Å². The first-order valence-electron chi connectivity index (χ1n) is 11.5. The Hall–Kier alpha value is -4.77. The van der Waals surface area contributed by atoms with Crippen molar-refractivity contribution in [2.75, 3.05) is 16.0 Å². The second kappa shape index (κ2) is 11.5. The molecule has 38 heavy (non-hydrogen) atoms. The molecule has 194 valence electrons. The van der Waals surface area contributed by atoms with Crippen molar-refractivity contribution < 1.29 is 23.5 Å². The van der Waals surface area contributed by atoms with E-state index >= 15 is 0 Å². The smallest absolute Gasteiger partial charge is 0.411 e. The van der Waals surface area contributed by atoms with Crippen LogP contribution in [0.4, 0.5) is 31.5 Å². The van der Waals surface area contributed by atoms with Crippen LogP contribution in [0.5, 0.6) is 0 Å². The molecule has 4 aromatic rings. The molecule has 0 saturated heterocycles. The Morgan fingerprint density at radius 1 is 1.03 bits per heavy atom. The van der Waals surface area contributed by atoms with Crippen LogP contribution in [0.1, 0.15) is 27.7 Å². The number of thiazole rings is 1. The number of carbonyl (C=O) groups is 3. The number of ketones is 1. The summed E-state index contributed by atoms with van der Waals surface area (Å²) in [4.78, 5) is 43.2. The van der Waals surface area contributed by atoms with E-state index in [-0.39, 0.29) is 22.4 Å². The number of nitrogen functional groups attached to an aromatic ring is 1. The molecule has 1 unspecified atom stereocenters. The number of nitrogens with zero attached hydrogens (tertiary/aromatic N) is 2. The van der Waals surface area contributed by atoms with Gasteiger partial charge in [-0.05, 0) is 61.0 Å². The fourth-order valence-corrected chi connectivity index (χ4v) is 4.58. The van der Waals surface area contributed by atoms with Crippen LogP contribution in [0.25, 0.3) is 0 Å². The van der Waals surface area contributed by atoms with E-state index in [9.17, 15) is 18.8 Å². The van der Waals surface area contributed by atoms with E-state index in [2.05, 4.69) is 10.3 Å². The van der Waals surface area contributed by atoms with Gasteiger partial charge in [0, 0.05) is 16.9 Å². The number of rotatable bonds is 9. The van der Waals surface area contributed by atoms with Crippen LogP contribution in [0.15, 0.2) is 78.9 Å². The number of hydrogen-bond acceptors (Lipinski definition) is 8. The quantitative estimate of drug-likeness (QED) is 0.261. The van der Waals surface area contributed by atoms with Crippen molar-refractivity contribution in [1.29, 1.82) is 0 Å². The van der Waals surface area contributed by atoms with E-state index < -0.39 is 29.6 Å². The number of halogens is 1. The van der Waals surface area contributed by atoms with Crippen LogP contribution in [-0.4, -0.2) is 28.8 Å². The number of amides is 2. The summed E-state index contributed by atoms with van der Waals surface area (Å²) in [5, 5.41) is 2.86. The second-order valence-corrected chi connectivity index (χ2v) is 9.21. The van der Waals surface area contributed by atoms with E-state index in [1.807, 2.05) is 30.3 Å². The van der Waals surface area contributed by atoms with E-state index in [1.165, 1.54) is 41.3 Å². The molecular formula is C27H24FN5O4S. The average molecular weight is 534 g/mol. The molecule has 5 N–H and O–H groups in total. The van der Waals surface area contributed by atoms with Gasteiger partial charge < -0.3 is 21.1 Å². The molecule has 3 aromatic carbocycles. The van der Waals surface area contributed by atoms with Gasteiger partial charge in [0.15, 0.2) is 5.13 Å². The average Bonchev–Trinajstić information content (AvgIpc) is 3.30.